The minimum atomic E-state index is -0.420. The number of hydrazine groups is 1. The molecule has 106 valence electrons. The van der Waals surface area contributed by atoms with Gasteiger partial charge in [0.2, 0.25) is 0 Å². The van der Waals surface area contributed by atoms with Crippen molar-refractivity contribution in [3.63, 3.8) is 0 Å². The van der Waals surface area contributed by atoms with E-state index in [4.69, 9.17) is 22.2 Å². The number of halogens is 2. The summed E-state index contributed by atoms with van der Waals surface area (Å²) in [5.41, 5.74) is 3.54. The first-order valence-corrected chi connectivity index (χ1v) is 6.82. The molecule has 20 heavy (non-hydrogen) atoms. The molecular weight excluding hydrogens is 348 g/mol. The number of hydrogen-bond donors (Lipinski definition) is 3. The first-order chi connectivity index (χ1) is 9.52. The number of aromatic amines is 1. The maximum Gasteiger partial charge on any atom is 0.269 e. The van der Waals surface area contributed by atoms with Crippen molar-refractivity contribution in [3.05, 3.63) is 44.6 Å². The molecule has 1 heterocycles. The molecule has 0 fully saturated rings. The molecule has 0 radical (unpaired) electrons. The molecule has 2 aromatic rings. The van der Waals surface area contributed by atoms with Gasteiger partial charge in [0.05, 0.1) is 10.6 Å². The van der Waals surface area contributed by atoms with Crippen molar-refractivity contribution < 1.29 is 9.53 Å². The number of hydrogen-bond acceptors (Lipinski definition) is 4. The van der Waals surface area contributed by atoms with Crippen LogP contribution in [-0.4, -0.2) is 16.1 Å². The average Bonchev–Trinajstić information content (AvgIpc) is 2.78. The Morgan fingerprint density at radius 2 is 2.35 bits per heavy atom. The Labute approximate surface area is 128 Å². The molecule has 0 unspecified atom stereocenters. The second kappa shape index (κ2) is 6.25. The van der Waals surface area contributed by atoms with Gasteiger partial charge in [0.1, 0.15) is 18.1 Å². The van der Waals surface area contributed by atoms with Crippen LogP contribution in [0.2, 0.25) is 5.02 Å². The van der Waals surface area contributed by atoms with Gasteiger partial charge in [0, 0.05) is 10.2 Å². The Bertz CT molecular complexity index is 644. The second-order valence-corrected chi connectivity index (χ2v) is 5.33. The molecule has 4 N–H and O–H groups in total. The summed E-state index contributed by atoms with van der Waals surface area (Å²) in [5, 5.41) is 7.22. The van der Waals surface area contributed by atoms with Crippen LogP contribution >= 0.6 is 27.5 Å². The van der Waals surface area contributed by atoms with Crippen LogP contribution in [0.1, 0.15) is 21.7 Å². The summed E-state index contributed by atoms with van der Waals surface area (Å²) in [6, 6.07) is 5.26. The van der Waals surface area contributed by atoms with Crippen molar-refractivity contribution in [1.29, 1.82) is 0 Å². The largest absolute Gasteiger partial charge is 0.486 e. The Kier molecular flexibility index (Phi) is 4.64. The molecule has 0 aliphatic rings. The van der Waals surface area contributed by atoms with Crippen LogP contribution in [0, 0.1) is 6.92 Å². The predicted octanol–water partition coefficient (Wildman–Crippen LogP) is 2.32. The molecule has 0 aliphatic carbocycles. The highest BCUT2D eigenvalue weighted by atomic mass is 79.9. The van der Waals surface area contributed by atoms with Gasteiger partial charge in [-0.15, -0.1) is 0 Å². The smallest absolute Gasteiger partial charge is 0.269 e. The quantitative estimate of drug-likeness (QED) is 0.444. The normalized spacial score (nSPS) is 10.4. The zero-order valence-electron chi connectivity index (χ0n) is 10.5. The third-order valence-electron chi connectivity index (χ3n) is 2.64. The Balaban J connectivity index is 2.17. The van der Waals surface area contributed by atoms with Crippen molar-refractivity contribution in [2.24, 2.45) is 5.84 Å². The lowest BCUT2D eigenvalue weighted by molar-refractivity contribution is 0.0950. The number of aryl methyl sites for hydroxylation is 1. The molecule has 1 amide bonds. The van der Waals surface area contributed by atoms with Crippen molar-refractivity contribution in [2.75, 3.05) is 0 Å². The van der Waals surface area contributed by atoms with E-state index in [0.29, 0.717) is 27.7 Å². The van der Waals surface area contributed by atoms with E-state index in [9.17, 15) is 4.79 Å². The number of amides is 1. The molecule has 0 saturated carbocycles. The van der Waals surface area contributed by atoms with Crippen LogP contribution in [0.15, 0.2) is 22.7 Å². The minimum absolute atomic E-state index is 0.106. The summed E-state index contributed by atoms with van der Waals surface area (Å²) in [7, 11) is 0. The summed E-state index contributed by atoms with van der Waals surface area (Å²) < 4.78 is 6.43. The highest BCUT2D eigenvalue weighted by Gasteiger charge is 2.18. The van der Waals surface area contributed by atoms with E-state index in [1.54, 1.807) is 19.1 Å². The SMILES string of the molecule is Cc1[nH]nc(COc2ccc(Br)cc2Cl)c1C(=O)NN. The number of nitrogen functional groups attached to an aromatic ring is 1. The fourth-order valence-corrected chi connectivity index (χ4v) is 2.42. The van der Waals surface area contributed by atoms with Gasteiger partial charge < -0.3 is 4.74 Å². The second-order valence-electron chi connectivity index (χ2n) is 4.01. The van der Waals surface area contributed by atoms with E-state index in [-0.39, 0.29) is 6.61 Å². The average molecular weight is 360 g/mol. The lowest BCUT2D eigenvalue weighted by Crippen LogP contribution is -2.31. The molecule has 2 rings (SSSR count). The fourth-order valence-electron chi connectivity index (χ4n) is 1.70. The number of carbonyl (C=O) groups is 1. The number of nitrogens with two attached hydrogens (primary N) is 1. The van der Waals surface area contributed by atoms with Crippen LogP contribution < -0.4 is 16.0 Å². The number of benzene rings is 1. The topological polar surface area (TPSA) is 93.0 Å². The summed E-state index contributed by atoms with van der Waals surface area (Å²) >= 11 is 9.36. The van der Waals surface area contributed by atoms with Gasteiger partial charge in [0.25, 0.3) is 5.91 Å². The van der Waals surface area contributed by atoms with E-state index in [2.05, 4.69) is 31.6 Å². The van der Waals surface area contributed by atoms with Crippen LogP contribution in [0.3, 0.4) is 0 Å². The van der Waals surface area contributed by atoms with Gasteiger partial charge in [-0.3, -0.25) is 15.3 Å². The van der Waals surface area contributed by atoms with Crippen molar-refractivity contribution in [3.8, 4) is 5.75 Å². The summed E-state index contributed by atoms with van der Waals surface area (Å²) in [6.07, 6.45) is 0. The standard InChI is InChI=1S/C12H12BrClN4O2/c1-6-11(12(19)16-15)9(18-17-6)5-20-10-3-2-7(13)4-8(10)14/h2-4H,5,15H2,1H3,(H,16,19)(H,17,18). The van der Waals surface area contributed by atoms with Gasteiger partial charge in [-0.2, -0.15) is 5.10 Å². The molecule has 6 nitrogen and oxygen atoms in total. The van der Waals surface area contributed by atoms with Gasteiger partial charge >= 0.3 is 0 Å². The number of carbonyl (C=O) groups excluding carboxylic acids is 1. The van der Waals surface area contributed by atoms with E-state index in [1.807, 2.05) is 6.07 Å². The third-order valence-corrected chi connectivity index (χ3v) is 3.43. The number of aromatic nitrogens is 2. The lowest BCUT2D eigenvalue weighted by atomic mass is 10.2. The van der Waals surface area contributed by atoms with E-state index < -0.39 is 5.91 Å². The van der Waals surface area contributed by atoms with Crippen molar-refractivity contribution in [2.45, 2.75) is 13.5 Å². The highest BCUT2D eigenvalue weighted by molar-refractivity contribution is 9.10. The molecule has 1 aromatic carbocycles. The van der Waals surface area contributed by atoms with E-state index >= 15 is 0 Å². The maximum absolute atomic E-state index is 11.7. The van der Waals surface area contributed by atoms with Gasteiger partial charge in [-0.05, 0) is 25.1 Å². The van der Waals surface area contributed by atoms with Gasteiger partial charge in [-0.1, -0.05) is 27.5 Å². The lowest BCUT2D eigenvalue weighted by Gasteiger charge is -2.08. The van der Waals surface area contributed by atoms with Gasteiger partial charge in [0.15, 0.2) is 0 Å². The van der Waals surface area contributed by atoms with Crippen LogP contribution in [0.25, 0.3) is 0 Å². The zero-order chi connectivity index (χ0) is 14.7. The first kappa shape index (κ1) is 14.8. The Morgan fingerprint density at radius 3 is 3.00 bits per heavy atom. The van der Waals surface area contributed by atoms with Crippen molar-refractivity contribution in [1.82, 2.24) is 15.6 Å². The molecule has 8 heteroatoms. The summed E-state index contributed by atoms with van der Waals surface area (Å²) in [4.78, 5) is 11.7. The first-order valence-electron chi connectivity index (χ1n) is 5.65. The minimum Gasteiger partial charge on any atom is -0.486 e. The van der Waals surface area contributed by atoms with Crippen LogP contribution in [0.4, 0.5) is 0 Å². The number of nitrogens with one attached hydrogen (secondary N) is 2. The zero-order valence-corrected chi connectivity index (χ0v) is 12.9. The monoisotopic (exact) mass is 358 g/mol. The van der Waals surface area contributed by atoms with Gasteiger partial charge in [-0.25, -0.2) is 5.84 Å². The summed E-state index contributed by atoms with van der Waals surface area (Å²) in [5.74, 6) is 5.23. The molecule has 0 saturated heterocycles. The predicted molar refractivity (Wildman–Crippen MR) is 78.5 cm³/mol. The molecular formula is C12H12BrClN4O2. The van der Waals surface area contributed by atoms with E-state index in [0.717, 1.165) is 4.47 Å². The van der Waals surface area contributed by atoms with Crippen molar-refractivity contribution >= 4 is 33.4 Å². The third kappa shape index (κ3) is 3.12. The fraction of sp³-hybridized carbons (Fsp3) is 0.167. The molecule has 0 bridgehead atoms. The molecule has 0 spiro atoms. The summed E-state index contributed by atoms with van der Waals surface area (Å²) in [6.45, 7) is 1.84. The number of ether oxygens (including phenoxy) is 1. The number of rotatable bonds is 4. The highest BCUT2D eigenvalue weighted by Crippen LogP contribution is 2.28. The Morgan fingerprint density at radius 1 is 1.60 bits per heavy atom. The van der Waals surface area contributed by atoms with Crippen LogP contribution in [0.5, 0.6) is 5.75 Å². The molecule has 1 aromatic heterocycles. The Hall–Kier alpha value is -1.57. The van der Waals surface area contributed by atoms with Crippen LogP contribution in [-0.2, 0) is 6.61 Å². The van der Waals surface area contributed by atoms with E-state index in [1.165, 1.54) is 0 Å². The molecule has 0 aliphatic heterocycles. The maximum atomic E-state index is 11.7. The number of H-pyrrole nitrogens is 1. The molecule has 0 atom stereocenters. The number of nitrogens with zero attached hydrogens (tertiary/aromatic N) is 1.